The summed E-state index contributed by atoms with van der Waals surface area (Å²) in [6, 6.07) is 37.3. The molecule has 0 bridgehead atoms. The highest BCUT2D eigenvalue weighted by atomic mass is 32.2. The Morgan fingerprint density at radius 1 is 0.653 bits per heavy atom. The van der Waals surface area contributed by atoms with E-state index in [0.717, 1.165) is 73.5 Å². The van der Waals surface area contributed by atoms with Gasteiger partial charge in [0.15, 0.2) is 0 Å². The summed E-state index contributed by atoms with van der Waals surface area (Å²) >= 11 is 1.10. The zero-order valence-corrected chi connectivity index (χ0v) is 29.4. The van der Waals surface area contributed by atoms with Gasteiger partial charge in [-0.15, -0.1) is 0 Å². The number of methoxy groups -OCH3 is 2. The van der Waals surface area contributed by atoms with Crippen molar-refractivity contribution in [2.75, 3.05) is 20.8 Å². The molecule has 1 unspecified atom stereocenters. The van der Waals surface area contributed by atoms with Gasteiger partial charge in [0.25, 0.3) is 5.24 Å². The molecule has 5 aromatic carbocycles. The van der Waals surface area contributed by atoms with Crippen LogP contribution in [0, 0.1) is 20.8 Å². The zero-order chi connectivity index (χ0) is 34.5. The Kier molecular flexibility index (Phi) is 10.1. The Hall–Kier alpha value is -5.01. The summed E-state index contributed by atoms with van der Waals surface area (Å²) in [6.45, 7) is 6.60. The van der Waals surface area contributed by atoms with Crippen LogP contribution in [0.3, 0.4) is 0 Å². The highest BCUT2D eigenvalue weighted by Gasteiger charge is 2.53. The molecule has 0 aliphatic carbocycles. The van der Waals surface area contributed by atoms with Gasteiger partial charge in [-0.1, -0.05) is 115 Å². The van der Waals surface area contributed by atoms with Crippen LogP contribution in [0.2, 0.25) is 0 Å². The Balaban J connectivity index is 1.22. The molecule has 1 saturated heterocycles. The Morgan fingerprint density at radius 2 is 1.14 bits per heavy atom. The quantitative estimate of drug-likeness (QED) is 0.124. The Morgan fingerprint density at radius 3 is 1.63 bits per heavy atom. The van der Waals surface area contributed by atoms with E-state index in [1.807, 2.05) is 129 Å². The van der Waals surface area contributed by atoms with Crippen LogP contribution in [-0.4, -0.2) is 42.1 Å². The third-order valence-corrected chi connectivity index (χ3v) is 10.6. The van der Waals surface area contributed by atoms with E-state index in [9.17, 15) is 9.59 Å². The Bertz CT molecular complexity index is 1830. The van der Waals surface area contributed by atoms with Gasteiger partial charge in [0.2, 0.25) is 5.91 Å². The number of amides is 2. The minimum Gasteiger partial charge on any atom is -0.496 e. The molecule has 0 radical (unpaired) electrons. The van der Waals surface area contributed by atoms with E-state index in [2.05, 4.69) is 6.92 Å². The number of thioether (sulfide) groups is 1. The molecule has 0 N–H and O–H groups in total. The van der Waals surface area contributed by atoms with E-state index in [1.165, 1.54) is 4.90 Å². The van der Waals surface area contributed by atoms with Gasteiger partial charge in [-0.25, -0.2) is 0 Å². The van der Waals surface area contributed by atoms with Gasteiger partial charge in [0.1, 0.15) is 22.8 Å². The van der Waals surface area contributed by atoms with Crippen LogP contribution in [0.5, 0.6) is 17.2 Å². The van der Waals surface area contributed by atoms with Crippen LogP contribution in [0.25, 0.3) is 0 Å². The summed E-state index contributed by atoms with van der Waals surface area (Å²) < 4.78 is 17.6. The second-order valence-corrected chi connectivity index (χ2v) is 13.4. The molecule has 0 aromatic heterocycles. The fraction of sp³-hybridized carbons (Fsp3) is 0.238. The molecule has 1 atom stereocenters. The fourth-order valence-corrected chi connectivity index (χ4v) is 8.12. The second-order valence-electron chi connectivity index (χ2n) is 12.2. The third kappa shape index (κ3) is 6.31. The predicted octanol–water partition coefficient (Wildman–Crippen LogP) is 8.85. The van der Waals surface area contributed by atoms with E-state index >= 15 is 0 Å². The highest BCUT2D eigenvalue weighted by Crippen LogP contribution is 2.48. The number of carbonyl (C=O) groups is 2. The van der Waals surface area contributed by atoms with Crippen molar-refractivity contribution >= 4 is 22.9 Å². The molecule has 0 saturated carbocycles. The molecule has 1 fully saturated rings. The van der Waals surface area contributed by atoms with E-state index < -0.39 is 10.8 Å². The molecule has 1 aliphatic heterocycles. The van der Waals surface area contributed by atoms with Crippen molar-refractivity contribution in [2.24, 2.45) is 0 Å². The topological polar surface area (TPSA) is 65.1 Å². The van der Waals surface area contributed by atoms with Crippen LogP contribution >= 0.6 is 11.8 Å². The molecule has 1 aliphatic rings. The minimum atomic E-state index is -1.13. The average Bonchev–Trinajstić information content (AvgIpc) is 3.41. The normalized spacial score (nSPS) is 14.6. The number of imide groups is 1. The lowest BCUT2D eigenvalue weighted by Crippen LogP contribution is -2.51. The van der Waals surface area contributed by atoms with Gasteiger partial charge in [-0.3, -0.25) is 14.5 Å². The lowest BCUT2D eigenvalue weighted by molar-refractivity contribution is -0.129. The van der Waals surface area contributed by atoms with Crippen LogP contribution in [0.1, 0.15) is 44.5 Å². The number of ether oxygens (including phenoxy) is 3. The largest absolute Gasteiger partial charge is 0.496 e. The fourth-order valence-electron chi connectivity index (χ4n) is 7.06. The monoisotopic (exact) mass is 671 g/mol. The van der Waals surface area contributed by atoms with Gasteiger partial charge >= 0.3 is 0 Å². The van der Waals surface area contributed by atoms with E-state index in [-0.39, 0.29) is 11.1 Å². The van der Waals surface area contributed by atoms with E-state index in [4.69, 9.17) is 14.2 Å². The molecule has 7 heteroatoms. The van der Waals surface area contributed by atoms with Crippen LogP contribution in [0.15, 0.2) is 115 Å². The zero-order valence-electron chi connectivity index (χ0n) is 28.6. The van der Waals surface area contributed by atoms with Gasteiger partial charge in [-0.05, 0) is 78.3 Å². The first-order valence-electron chi connectivity index (χ1n) is 16.4. The number of carbonyl (C=O) groups excluding carboxylic acids is 2. The summed E-state index contributed by atoms with van der Waals surface area (Å²) in [7, 11) is 3.39. The molecule has 2 amide bonds. The van der Waals surface area contributed by atoms with Crippen molar-refractivity contribution in [1.29, 1.82) is 0 Å². The summed E-state index contributed by atoms with van der Waals surface area (Å²) in [5.74, 6) is 2.27. The molecule has 49 heavy (non-hydrogen) atoms. The van der Waals surface area contributed by atoms with Crippen LogP contribution in [-0.2, 0) is 23.2 Å². The van der Waals surface area contributed by atoms with Crippen molar-refractivity contribution < 1.29 is 23.8 Å². The summed E-state index contributed by atoms with van der Waals surface area (Å²) in [4.78, 5) is 29.9. The second kappa shape index (κ2) is 14.6. The molecular formula is C42H41NO5S. The molecule has 5 aromatic rings. The average molecular weight is 672 g/mol. The molecular weight excluding hydrogens is 631 g/mol. The molecule has 0 spiro atoms. The van der Waals surface area contributed by atoms with Gasteiger partial charge < -0.3 is 14.2 Å². The lowest BCUT2D eigenvalue weighted by Gasteiger charge is -2.42. The number of rotatable bonds is 12. The maximum Gasteiger partial charge on any atom is 0.290 e. The predicted molar refractivity (Wildman–Crippen MR) is 196 cm³/mol. The smallest absolute Gasteiger partial charge is 0.290 e. The summed E-state index contributed by atoms with van der Waals surface area (Å²) in [6.07, 6.45) is 1.07. The van der Waals surface area contributed by atoms with Crippen LogP contribution < -0.4 is 14.2 Å². The standard InChI is InChI=1S/C42H41NO5S/c1-28-29(2)39(47-5)36(30(3)38(28)46-4)25-26-48-35-23-21-31(22-24-35)27-37-40(44)43(41(45)49-37)42(32-15-9-6-10-16-32,33-17-11-7-12-18-33)34-19-13-8-14-20-34/h6-24,37H,25-27H2,1-5H3. The van der Waals surface area contributed by atoms with Crippen molar-refractivity contribution in [1.82, 2.24) is 4.90 Å². The van der Waals surface area contributed by atoms with Crippen molar-refractivity contribution in [3.05, 3.63) is 160 Å². The number of hydrogen-bond acceptors (Lipinski definition) is 6. The van der Waals surface area contributed by atoms with E-state index in [1.54, 1.807) is 14.2 Å². The molecule has 250 valence electrons. The number of benzene rings is 5. The van der Waals surface area contributed by atoms with Crippen molar-refractivity contribution in [3.8, 4) is 17.2 Å². The van der Waals surface area contributed by atoms with Crippen molar-refractivity contribution in [3.63, 3.8) is 0 Å². The SMILES string of the molecule is COc1c(C)c(C)c(OC)c(CCOc2ccc(CC3SC(=O)N(C(c4ccccc4)(c4ccccc4)c4ccccc4)C3=O)cc2)c1C. The van der Waals surface area contributed by atoms with Crippen LogP contribution in [0.4, 0.5) is 4.79 Å². The lowest BCUT2D eigenvalue weighted by atomic mass is 9.75. The highest BCUT2D eigenvalue weighted by molar-refractivity contribution is 8.15. The Labute approximate surface area is 293 Å². The van der Waals surface area contributed by atoms with Gasteiger partial charge in [0, 0.05) is 12.0 Å². The maximum absolute atomic E-state index is 14.4. The van der Waals surface area contributed by atoms with Gasteiger partial charge in [-0.2, -0.15) is 0 Å². The maximum atomic E-state index is 14.4. The first-order chi connectivity index (χ1) is 23.8. The first kappa shape index (κ1) is 33.9. The minimum absolute atomic E-state index is 0.208. The number of hydrogen-bond donors (Lipinski definition) is 0. The summed E-state index contributed by atoms with van der Waals surface area (Å²) in [5, 5.41) is -0.829. The molecule has 6 rings (SSSR count). The van der Waals surface area contributed by atoms with Gasteiger partial charge in [0.05, 0.1) is 26.1 Å². The summed E-state index contributed by atoms with van der Waals surface area (Å²) in [5.41, 5.74) is 6.65. The van der Waals surface area contributed by atoms with E-state index in [0.29, 0.717) is 19.4 Å². The van der Waals surface area contributed by atoms with Crippen molar-refractivity contribution in [2.45, 2.75) is 44.4 Å². The molecule has 6 nitrogen and oxygen atoms in total. The number of nitrogens with zero attached hydrogens (tertiary/aromatic N) is 1. The first-order valence-corrected chi connectivity index (χ1v) is 17.3. The third-order valence-electron chi connectivity index (χ3n) is 9.52. The molecule has 1 heterocycles.